The number of hydrogen-bond acceptors (Lipinski definition) is 5. The molecule has 4 rings (SSSR count). The van der Waals surface area contributed by atoms with Gasteiger partial charge in [-0.25, -0.2) is 4.98 Å². The molecular formula is C29H33N3O3. The van der Waals surface area contributed by atoms with Gasteiger partial charge < -0.3 is 14.2 Å². The fourth-order valence-electron chi connectivity index (χ4n) is 3.95. The molecule has 6 heteroatoms. The second kappa shape index (κ2) is 10.7. The van der Waals surface area contributed by atoms with Crippen molar-refractivity contribution in [1.82, 2.24) is 15.2 Å². The van der Waals surface area contributed by atoms with Crippen LogP contribution < -0.4 is 5.32 Å². The summed E-state index contributed by atoms with van der Waals surface area (Å²) in [6.07, 6.45) is 2.99. The van der Waals surface area contributed by atoms with E-state index in [2.05, 4.69) is 91.4 Å². The third kappa shape index (κ3) is 6.49. The van der Waals surface area contributed by atoms with E-state index in [4.69, 9.17) is 8.83 Å². The summed E-state index contributed by atoms with van der Waals surface area (Å²) in [5, 5.41) is 2.81. The Kier molecular flexibility index (Phi) is 7.51. The van der Waals surface area contributed by atoms with Gasteiger partial charge in [-0.2, -0.15) is 0 Å². The minimum Gasteiger partial charge on any atom is -0.467 e. The van der Waals surface area contributed by atoms with Crippen LogP contribution in [0.5, 0.6) is 0 Å². The molecule has 0 saturated carbocycles. The van der Waals surface area contributed by atoms with Crippen LogP contribution in [0.25, 0.3) is 0 Å². The van der Waals surface area contributed by atoms with Gasteiger partial charge in [0.25, 0.3) is 5.91 Å². The third-order valence-corrected chi connectivity index (χ3v) is 6.16. The van der Waals surface area contributed by atoms with Crippen molar-refractivity contribution in [2.45, 2.75) is 58.8 Å². The van der Waals surface area contributed by atoms with Gasteiger partial charge in [0.2, 0.25) is 5.89 Å². The maximum Gasteiger partial charge on any atom is 0.273 e. The van der Waals surface area contributed by atoms with Crippen molar-refractivity contribution >= 4 is 5.91 Å². The lowest BCUT2D eigenvalue weighted by Gasteiger charge is -2.29. The lowest BCUT2D eigenvalue weighted by atomic mass is 9.86. The molecule has 0 spiro atoms. The van der Waals surface area contributed by atoms with Gasteiger partial charge in [0.1, 0.15) is 12.0 Å². The maximum atomic E-state index is 12.5. The molecule has 0 radical (unpaired) electrons. The van der Waals surface area contributed by atoms with Gasteiger partial charge in [-0.1, -0.05) is 75.4 Å². The van der Waals surface area contributed by atoms with Gasteiger partial charge in [0.15, 0.2) is 5.69 Å². The smallest absolute Gasteiger partial charge is 0.273 e. The molecule has 0 saturated heterocycles. The van der Waals surface area contributed by atoms with Gasteiger partial charge >= 0.3 is 0 Å². The van der Waals surface area contributed by atoms with Crippen LogP contribution in [-0.4, -0.2) is 15.8 Å². The average Bonchev–Trinajstić information content (AvgIpc) is 3.54. The van der Waals surface area contributed by atoms with Crippen molar-refractivity contribution in [2.75, 3.05) is 0 Å². The average molecular weight is 472 g/mol. The number of amides is 1. The second-order valence-electron chi connectivity index (χ2n) is 9.83. The Morgan fingerprint density at radius 1 is 0.971 bits per heavy atom. The van der Waals surface area contributed by atoms with Crippen LogP contribution >= 0.6 is 0 Å². The van der Waals surface area contributed by atoms with Crippen molar-refractivity contribution in [2.24, 2.45) is 0 Å². The van der Waals surface area contributed by atoms with Crippen LogP contribution in [0.2, 0.25) is 0 Å². The van der Waals surface area contributed by atoms with Crippen LogP contribution in [0.3, 0.4) is 0 Å². The minimum atomic E-state index is -0.295. The number of carbonyl (C=O) groups is 1. The van der Waals surface area contributed by atoms with E-state index < -0.39 is 0 Å². The van der Waals surface area contributed by atoms with E-state index in [0.717, 1.165) is 6.54 Å². The SMILES string of the molecule is CC(c1ccccc1)N(Cc1ccc(C(C)(C)C)cc1)Cc1nc(C(=O)NCc2ccco2)co1. The fraction of sp³-hybridized carbons (Fsp3) is 0.310. The maximum absolute atomic E-state index is 12.5. The second-order valence-corrected chi connectivity index (χ2v) is 9.83. The molecule has 1 unspecified atom stereocenters. The summed E-state index contributed by atoms with van der Waals surface area (Å²) in [6.45, 7) is 10.3. The number of hydrogen-bond donors (Lipinski definition) is 1. The predicted molar refractivity (Wildman–Crippen MR) is 136 cm³/mol. The first-order chi connectivity index (χ1) is 16.8. The van der Waals surface area contributed by atoms with Crippen LogP contribution in [0.4, 0.5) is 0 Å². The van der Waals surface area contributed by atoms with Crippen LogP contribution in [0, 0.1) is 0 Å². The highest BCUT2D eigenvalue weighted by Crippen LogP contribution is 2.26. The van der Waals surface area contributed by atoms with Crippen LogP contribution in [0.1, 0.15) is 72.6 Å². The molecule has 2 aromatic heterocycles. The molecular weight excluding hydrogens is 438 g/mol. The Balaban J connectivity index is 1.49. The van der Waals surface area contributed by atoms with Crippen molar-refractivity contribution in [3.05, 3.63) is 113 Å². The molecule has 0 fully saturated rings. The van der Waals surface area contributed by atoms with Gasteiger partial charge in [-0.3, -0.25) is 9.69 Å². The van der Waals surface area contributed by atoms with E-state index in [0.29, 0.717) is 24.7 Å². The number of benzene rings is 2. The quantitative estimate of drug-likeness (QED) is 0.312. The summed E-state index contributed by atoms with van der Waals surface area (Å²) < 4.78 is 11.0. The molecule has 1 amide bonds. The Labute approximate surface area is 207 Å². The molecule has 0 aliphatic rings. The van der Waals surface area contributed by atoms with Crippen molar-refractivity contribution in [3.63, 3.8) is 0 Å². The third-order valence-electron chi connectivity index (χ3n) is 6.16. The molecule has 4 aromatic rings. The van der Waals surface area contributed by atoms with Gasteiger partial charge in [0, 0.05) is 12.6 Å². The highest BCUT2D eigenvalue weighted by Gasteiger charge is 2.21. The Morgan fingerprint density at radius 2 is 1.71 bits per heavy atom. The number of oxazole rings is 1. The molecule has 0 bridgehead atoms. The van der Waals surface area contributed by atoms with Crippen molar-refractivity contribution < 1.29 is 13.6 Å². The topological polar surface area (TPSA) is 71.5 Å². The Hall–Kier alpha value is -3.64. The van der Waals surface area contributed by atoms with Crippen molar-refractivity contribution in [1.29, 1.82) is 0 Å². The van der Waals surface area contributed by atoms with E-state index in [1.807, 2.05) is 12.1 Å². The molecule has 6 nitrogen and oxygen atoms in total. The lowest BCUT2D eigenvalue weighted by Crippen LogP contribution is -2.27. The first-order valence-corrected chi connectivity index (χ1v) is 11.9. The summed E-state index contributed by atoms with van der Waals surface area (Å²) in [7, 11) is 0. The highest BCUT2D eigenvalue weighted by atomic mass is 16.3. The monoisotopic (exact) mass is 471 g/mol. The van der Waals surface area contributed by atoms with E-state index in [1.165, 1.54) is 23.0 Å². The van der Waals surface area contributed by atoms with E-state index >= 15 is 0 Å². The zero-order valence-electron chi connectivity index (χ0n) is 20.8. The van der Waals surface area contributed by atoms with Gasteiger partial charge in [-0.05, 0) is 41.2 Å². The Morgan fingerprint density at radius 3 is 2.37 bits per heavy atom. The summed E-state index contributed by atoms with van der Waals surface area (Å²) in [6, 6.07) is 22.9. The van der Waals surface area contributed by atoms with Crippen LogP contribution in [-0.2, 0) is 25.0 Å². The van der Waals surface area contributed by atoms with Gasteiger partial charge in [0.05, 0.1) is 19.4 Å². The molecule has 182 valence electrons. The first-order valence-electron chi connectivity index (χ1n) is 11.9. The molecule has 0 aliphatic carbocycles. The van der Waals surface area contributed by atoms with E-state index in [9.17, 15) is 4.79 Å². The summed E-state index contributed by atoms with van der Waals surface area (Å²) in [5.74, 6) is 0.890. The number of nitrogens with one attached hydrogen (secondary N) is 1. The zero-order chi connectivity index (χ0) is 24.8. The molecule has 0 aliphatic heterocycles. The zero-order valence-corrected chi connectivity index (χ0v) is 20.8. The number of nitrogens with zero attached hydrogens (tertiary/aromatic N) is 2. The molecule has 35 heavy (non-hydrogen) atoms. The number of aromatic nitrogens is 1. The summed E-state index contributed by atoms with van der Waals surface area (Å²) in [4.78, 5) is 19.3. The van der Waals surface area contributed by atoms with Crippen LogP contribution in [0.15, 0.2) is 88.1 Å². The molecule has 2 aromatic carbocycles. The molecule has 2 heterocycles. The predicted octanol–water partition coefficient (Wildman–Crippen LogP) is 6.26. The standard InChI is InChI=1S/C29H33N3O3/c1-21(23-9-6-5-7-10-23)32(18-22-12-14-24(15-13-22)29(2,3)4)19-27-31-26(20-35-27)28(33)30-17-25-11-8-16-34-25/h5-16,20-21H,17-19H2,1-4H3,(H,30,33). The number of carbonyl (C=O) groups excluding carboxylic acids is 1. The summed E-state index contributed by atoms with van der Waals surface area (Å²) >= 11 is 0. The normalized spacial score (nSPS) is 12.6. The lowest BCUT2D eigenvalue weighted by molar-refractivity contribution is 0.0943. The Bertz CT molecular complexity index is 1210. The van der Waals surface area contributed by atoms with Crippen molar-refractivity contribution in [3.8, 4) is 0 Å². The number of furan rings is 1. The molecule has 1 N–H and O–H groups in total. The van der Waals surface area contributed by atoms with E-state index in [-0.39, 0.29) is 23.1 Å². The highest BCUT2D eigenvalue weighted by molar-refractivity contribution is 5.91. The largest absolute Gasteiger partial charge is 0.467 e. The van der Waals surface area contributed by atoms with E-state index in [1.54, 1.807) is 12.3 Å². The molecule has 1 atom stereocenters. The first kappa shape index (κ1) is 24.5. The minimum absolute atomic E-state index is 0.113. The fourth-order valence-corrected chi connectivity index (χ4v) is 3.95. The number of rotatable bonds is 9. The van der Waals surface area contributed by atoms with Gasteiger partial charge in [-0.15, -0.1) is 0 Å². The summed E-state index contributed by atoms with van der Waals surface area (Å²) in [5.41, 5.74) is 4.10.